The third kappa shape index (κ3) is 4.53. The minimum atomic E-state index is 0. The van der Waals surface area contributed by atoms with Gasteiger partial charge in [0.2, 0.25) is 5.91 Å². The highest BCUT2D eigenvalue weighted by Crippen LogP contribution is 2.23. The van der Waals surface area contributed by atoms with E-state index < -0.39 is 0 Å². The summed E-state index contributed by atoms with van der Waals surface area (Å²) in [7, 11) is 0. The Morgan fingerprint density at radius 2 is 2.00 bits per heavy atom. The van der Waals surface area contributed by atoms with Crippen molar-refractivity contribution < 1.29 is 4.79 Å². The van der Waals surface area contributed by atoms with Gasteiger partial charge in [0.1, 0.15) is 0 Å². The number of nitrogens with zero attached hydrogens (tertiary/aromatic N) is 1. The molecule has 4 nitrogen and oxygen atoms in total. The molecule has 0 unspecified atom stereocenters. The molecule has 1 heterocycles. The largest absolute Gasteiger partial charge is 0.361 e. The molecule has 2 aromatic rings. The Balaban J connectivity index is 0.00000225. The van der Waals surface area contributed by atoms with E-state index in [1.165, 1.54) is 11.1 Å². The summed E-state index contributed by atoms with van der Waals surface area (Å²) >= 11 is 0. The minimum absolute atomic E-state index is 0. The van der Waals surface area contributed by atoms with Crippen molar-refractivity contribution >= 4 is 29.7 Å². The molecular formula is C20H26ClN3O. The molecule has 2 N–H and O–H groups in total. The van der Waals surface area contributed by atoms with Crippen molar-refractivity contribution in [1.82, 2.24) is 5.32 Å². The fraction of sp³-hybridized carbons (Fsp3) is 0.350. The molecule has 0 saturated carbocycles. The van der Waals surface area contributed by atoms with Crippen LogP contribution in [0.2, 0.25) is 0 Å². The number of rotatable bonds is 4. The first-order valence-corrected chi connectivity index (χ1v) is 8.61. The van der Waals surface area contributed by atoms with E-state index in [1.807, 2.05) is 31.2 Å². The maximum Gasteiger partial charge on any atom is 0.243 e. The number of hydrogen-bond acceptors (Lipinski definition) is 3. The lowest BCUT2D eigenvalue weighted by atomic mass is 10.1. The van der Waals surface area contributed by atoms with Crippen LogP contribution < -0.4 is 15.5 Å². The number of fused-ring (bicyclic) bond motifs is 1. The normalized spacial score (nSPS) is 13.4. The van der Waals surface area contributed by atoms with Crippen LogP contribution in [0.5, 0.6) is 0 Å². The van der Waals surface area contributed by atoms with Gasteiger partial charge in [0.05, 0.1) is 6.54 Å². The van der Waals surface area contributed by atoms with Crippen LogP contribution in [0.4, 0.5) is 11.4 Å². The molecule has 0 aliphatic carbocycles. The van der Waals surface area contributed by atoms with Gasteiger partial charge in [-0.3, -0.25) is 4.79 Å². The van der Waals surface area contributed by atoms with Crippen molar-refractivity contribution in [3.63, 3.8) is 0 Å². The smallest absolute Gasteiger partial charge is 0.243 e. The molecule has 0 aromatic heterocycles. The number of halogens is 1. The molecule has 1 amide bonds. The molecule has 0 fully saturated rings. The average Bonchev–Trinajstić information content (AvgIpc) is 2.79. The second-order valence-corrected chi connectivity index (χ2v) is 6.24. The zero-order chi connectivity index (χ0) is 16.9. The number of carbonyl (C=O) groups is 1. The molecule has 5 heteroatoms. The Morgan fingerprint density at radius 1 is 1.20 bits per heavy atom. The lowest BCUT2D eigenvalue weighted by Gasteiger charge is -2.24. The molecular weight excluding hydrogens is 334 g/mol. The number of para-hydroxylation sites is 2. The number of aryl methyl sites for hydroxylation is 2. The van der Waals surface area contributed by atoms with E-state index in [0.717, 1.165) is 43.0 Å². The molecule has 1 aliphatic rings. The molecule has 0 saturated heterocycles. The summed E-state index contributed by atoms with van der Waals surface area (Å²) in [5.41, 5.74) is 5.65. The van der Waals surface area contributed by atoms with Crippen LogP contribution in [-0.4, -0.2) is 25.5 Å². The number of nitrogens with one attached hydrogen (secondary N) is 2. The van der Waals surface area contributed by atoms with Crippen molar-refractivity contribution in [3.8, 4) is 0 Å². The molecule has 0 bridgehead atoms. The van der Waals surface area contributed by atoms with E-state index in [9.17, 15) is 4.79 Å². The third-order valence-corrected chi connectivity index (χ3v) is 4.55. The number of amides is 1. The summed E-state index contributed by atoms with van der Waals surface area (Å²) in [6, 6.07) is 14.5. The van der Waals surface area contributed by atoms with Gasteiger partial charge in [-0.05, 0) is 36.1 Å². The second-order valence-electron chi connectivity index (χ2n) is 6.24. The second kappa shape index (κ2) is 8.88. The maximum atomic E-state index is 12.6. The number of benzene rings is 2. The highest BCUT2D eigenvalue weighted by atomic mass is 35.5. The Labute approximate surface area is 156 Å². The van der Waals surface area contributed by atoms with Gasteiger partial charge in [0, 0.05) is 31.0 Å². The van der Waals surface area contributed by atoms with E-state index in [0.29, 0.717) is 6.54 Å². The van der Waals surface area contributed by atoms with Crippen LogP contribution in [-0.2, 0) is 17.8 Å². The monoisotopic (exact) mass is 359 g/mol. The SMILES string of the molecule is CCc1cccc(C)c1NC(=O)CN1CCNCc2ccccc21.Cl. The van der Waals surface area contributed by atoms with E-state index in [1.54, 1.807) is 0 Å². The van der Waals surface area contributed by atoms with E-state index >= 15 is 0 Å². The van der Waals surface area contributed by atoms with Gasteiger partial charge >= 0.3 is 0 Å². The van der Waals surface area contributed by atoms with Crippen molar-refractivity contribution in [2.24, 2.45) is 0 Å². The summed E-state index contributed by atoms with van der Waals surface area (Å²) in [6.45, 7) is 7.09. The molecule has 134 valence electrons. The molecule has 0 atom stereocenters. The van der Waals surface area contributed by atoms with Crippen LogP contribution in [0.15, 0.2) is 42.5 Å². The van der Waals surface area contributed by atoms with Crippen molar-refractivity contribution in [3.05, 3.63) is 59.2 Å². The molecule has 0 radical (unpaired) electrons. The van der Waals surface area contributed by atoms with Gasteiger partial charge in [-0.25, -0.2) is 0 Å². The molecule has 25 heavy (non-hydrogen) atoms. The summed E-state index contributed by atoms with van der Waals surface area (Å²) in [5.74, 6) is 0.0377. The average molecular weight is 360 g/mol. The van der Waals surface area contributed by atoms with E-state index in [-0.39, 0.29) is 18.3 Å². The molecule has 1 aliphatic heterocycles. The first kappa shape index (κ1) is 19.3. The minimum Gasteiger partial charge on any atom is -0.361 e. The summed E-state index contributed by atoms with van der Waals surface area (Å²) < 4.78 is 0. The topological polar surface area (TPSA) is 44.4 Å². The van der Waals surface area contributed by atoms with Crippen molar-refractivity contribution in [2.75, 3.05) is 29.9 Å². The maximum absolute atomic E-state index is 12.6. The quantitative estimate of drug-likeness (QED) is 0.877. The highest BCUT2D eigenvalue weighted by Gasteiger charge is 2.18. The first-order chi connectivity index (χ1) is 11.7. The lowest BCUT2D eigenvalue weighted by molar-refractivity contribution is -0.115. The summed E-state index contributed by atoms with van der Waals surface area (Å²) in [5, 5.41) is 6.54. The summed E-state index contributed by atoms with van der Waals surface area (Å²) in [4.78, 5) is 14.8. The predicted molar refractivity (Wildman–Crippen MR) is 107 cm³/mol. The van der Waals surface area contributed by atoms with Gasteiger partial charge in [-0.1, -0.05) is 43.3 Å². The van der Waals surface area contributed by atoms with Gasteiger partial charge in [0.25, 0.3) is 0 Å². The molecule has 0 spiro atoms. The van der Waals surface area contributed by atoms with Gasteiger partial charge in [0.15, 0.2) is 0 Å². The fourth-order valence-electron chi connectivity index (χ4n) is 3.24. The van der Waals surface area contributed by atoms with Crippen molar-refractivity contribution in [1.29, 1.82) is 0 Å². The Kier molecular flexibility index (Phi) is 6.85. The fourth-order valence-corrected chi connectivity index (χ4v) is 3.24. The predicted octanol–water partition coefficient (Wildman–Crippen LogP) is 3.53. The van der Waals surface area contributed by atoms with Gasteiger partial charge < -0.3 is 15.5 Å². The number of anilines is 2. The molecule has 2 aromatic carbocycles. The third-order valence-electron chi connectivity index (χ3n) is 4.55. The highest BCUT2D eigenvalue weighted by molar-refractivity contribution is 5.95. The number of carbonyl (C=O) groups excluding carboxylic acids is 1. The van der Waals surface area contributed by atoms with Gasteiger partial charge in [-0.2, -0.15) is 0 Å². The Hall–Kier alpha value is -2.04. The first-order valence-electron chi connectivity index (χ1n) is 8.61. The van der Waals surface area contributed by atoms with Crippen LogP contribution >= 0.6 is 12.4 Å². The zero-order valence-electron chi connectivity index (χ0n) is 14.8. The van der Waals surface area contributed by atoms with Crippen LogP contribution in [0, 0.1) is 6.92 Å². The van der Waals surface area contributed by atoms with Crippen molar-refractivity contribution in [2.45, 2.75) is 26.8 Å². The Bertz CT molecular complexity index is 733. The van der Waals surface area contributed by atoms with Crippen LogP contribution in [0.3, 0.4) is 0 Å². The molecule has 3 rings (SSSR count). The van der Waals surface area contributed by atoms with Crippen LogP contribution in [0.25, 0.3) is 0 Å². The lowest BCUT2D eigenvalue weighted by Crippen LogP contribution is -2.36. The standard InChI is InChI=1S/C20H25N3O.ClH/c1-3-16-9-6-7-15(2)20(16)22-19(24)14-23-12-11-21-13-17-8-4-5-10-18(17)23;/h4-10,21H,3,11-14H2,1-2H3,(H,22,24);1H. The number of hydrogen-bond donors (Lipinski definition) is 2. The van der Waals surface area contributed by atoms with E-state index in [4.69, 9.17) is 0 Å². The summed E-state index contributed by atoms with van der Waals surface area (Å²) in [6.07, 6.45) is 0.910. The van der Waals surface area contributed by atoms with Crippen LogP contribution in [0.1, 0.15) is 23.6 Å². The van der Waals surface area contributed by atoms with Gasteiger partial charge in [-0.15, -0.1) is 12.4 Å². The zero-order valence-corrected chi connectivity index (χ0v) is 15.7. The van der Waals surface area contributed by atoms with E-state index in [2.05, 4.69) is 40.7 Å². The Morgan fingerprint density at radius 3 is 2.80 bits per heavy atom.